The van der Waals surface area contributed by atoms with Crippen molar-refractivity contribution in [3.05, 3.63) is 52.5 Å². The molecule has 1 aliphatic rings. The van der Waals surface area contributed by atoms with Crippen LogP contribution in [0.4, 0.5) is 16.2 Å². The van der Waals surface area contributed by atoms with Crippen molar-refractivity contribution in [2.75, 3.05) is 16.8 Å². The SMILES string of the molecule is Cc1ccc2c(c1)N(C(=O)Nc1cc(Cl)ccc1C)CC(C)O2. The molecule has 2 aromatic rings. The van der Waals surface area contributed by atoms with Gasteiger partial charge in [0.2, 0.25) is 0 Å². The molecule has 5 heteroatoms. The third kappa shape index (κ3) is 3.27. The molecular formula is C18H19ClN2O2. The van der Waals surface area contributed by atoms with Crippen molar-refractivity contribution in [1.29, 1.82) is 0 Å². The highest BCUT2D eigenvalue weighted by molar-refractivity contribution is 6.31. The van der Waals surface area contributed by atoms with E-state index in [1.54, 1.807) is 11.0 Å². The van der Waals surface area contributed by atoms with Gasteiger partial charge in [-0.2, -0.15) is 0 Å². The largest absolute Gasteiger partial charge is 0.487 e. The van der Waals surface area contributed by atoms with Crippen molar-refractivity contribution >= 4 is 29.0 Å². The molecule has 0 spiro atoms. The smallest absolute Gasteiger partial charge is 0.326 e. The fourth-order valence-electron chi connectivity index (χ4n) is 2.65. The van der Waals surface area contributed by atoms with E-state index in [0.29, 0.717) is 11.6 Å². The van der Waals surface area contributed by atoms with Gasteiger partial charge >= 0.3 is 6.03 Å². The van der Waals surface area contributed by atoms with Crippen LogP contribution < -0.4 is 15.0 Å². The van der Waals surface area contributed by atoms with Gasteiger partial charge in [0.15, 0.2) is 0 Å². The summed E-state index contributed by atoms with van der Waals surface area (Å²) in [6, 6.07) is 11.1. The number of benzene rings is 2. The van der Waals surface area contributed by atoms with Crippen molar-refractivity contribution in [2.45, 2.75) is 26.9 Å². The van der Waals surface area contributed by atoms with Crippen LogP contribution in [0, 0.1) is 13.8 Å². The molecule has 2 aromatic carbocycles. The molecule has 0 saturated heterocycles. The number of halogens is 1. The fraction of sp³-hybridized carbons (Fsp3) is 0.278. The number of anilines is 2. The molecule has 3 rings (SSSR count). The lowest BCUT2D eigenvalue weighted by atomic mass is 10.1. The van der Waals surface area contributed by atoms with Gasteiger partial charge in [0.1, 0.15) is 11.9 Å². The van der Waals surface area contributed by atoms with Gasteiger partial charge in [-0.15, -0.1) is 0 Å². The summed E-state index contributed by atoms with van der Waals surface area (Å²) >= 11 is 6.03. The Kier molecular flexibility index (Phi) is 4.18. The molecule has 0 radical (unpaired) electrons. The predicted molar refractivity (Wildman–Crippen MR) is 93.8 cm³/mol. The first-order valence-electron chi connectivity index (χ1n) is 7.56. The molecule has 1 atom stereocenters. The predicted octanol–water partition coefficient (Wildman–Crippen LogP) is 4.78. The zero-order valence-electron chi connectivity index (χ0n) is 13.4. The summed E-state index contributed by atoms with van der Waals surface area (Å²) in [7, 11) is 0. The van der Waals surface area contributed by atoms with Crippen molar-refractivity contribution in [3.8, 4) is 5.75 Å². The van der Waals surface area contributed by atoms with Gasteiger partial charge < -0.3 is 10.1 Å². The third-order valence-corrected chi connectivity index (χ3v) is 4.09. The van der Waals surface area contributed by atoms with Crippen molar-refractivity contribution in [2.24, 2.45) is 0 Å². The van der Waals surface area contributed by atoms with Crippen LogP contribution in [-0.4, -0.2) is 18.7 Å². The van der Waals surface area contributed by atoms with Gasteiger partial charge in [-0.3, -0.25) is 4.90 Å². The van der Waals surface area contributed by atoms with Crippen LogP contribution in [-0.2, 0) is 0 Å². The van der Waals surface area contributed by atoms with Gasteiger partial charge in [0.05, 0.1) is 12.2 Å². The molecule has 1 unspecified atom stereocenters. The molecule has 1 aliphatic heterocycles. The second-order valence-corrected chi connectivity index (χ2v) is 6.34. The van der Waals surface area contributed by atoms with E-state index in [2.05, 4.69) is 5.32 Å². The first kappa shape index (κ1) is 15.7. The van der Waals surface area contributed by atoms with E-state index >= 15 is 0 Å². The maximum absolute atomic E-state index is 12.8. The maximum Gasteiger partial charge on any atom is 0.326 e. The minimum atomic E-state index is -0.183. The third-order valence-electron chi connectivity index (χ3n) is 3.86. The number of fused-ring (bicyclic) bond motifs is 1. The van der Waals surface area contributed by atoms with Crippen LogP contribution in [0.25, 0.3) is 0 Å². The van der Waals surface area contributed by atoms with Crippen LogP contribution in [0.2, 0.25) is 5.02 Å². The Morgan fingerprint density at radius 2 is 2.04 bits per heavy atom. The van der Waals surface area contributed by atoms with E-state index < -0.39 is 0 Å². The molecule has 2 amide bonds. The van der Waals surface area contributed by atoms with E-state index in [1.165, 1.54) is 0 Å². The monoisotopic (exact) mass is 330 g/mol. The summed E-state index contributed by atoms with van der Waals surface area (Å²) in [6.45, 7) is 6.39. The van der Waals surface area contributed by atoms with Gasteiger partial charge in [0.25, 0.3) is 0 Å². The van der Waals surface area contributed by atoms with Crippen LogP contribution in [0.5, 0.6) is 5.75 Å². The molecular weight excluding hydrogens is 312 g/mol. The first-order valence-corrected chi connectivity index (χ1v) is 7.94. The summed E-state index contributed by atoms with van der Waals surface area (Å²) in [5, 5.41) is 3.54. The Balaban J connectivity index is 1.91. The molecule has 1 N–H and O–H groups in total. The Morgan fingerprint density at radius 3 is 2.83 bits per heavy atom. The van der Waals surface area contributed by atoms with E-state index in [4.69, 9.17) is 16.3 Å². The van der Waals surface area contributed by atoms with E-state index in [-0.39, 0.29) is 12.1 Å². The van der Waals surface area contributed by atoms with Crippen LogP contribution in [0.3, 0.4) is 0 Å². The second-order valence-electron chi connectivity index (χ2n) is 5.90. The lowest BCUT2D eigenvalue weighted by molar-refractivity contribution is 0.208. The van der Waals surface area contributed by atoms with Crippen molar-refractivity contribution in [1.82, 2.24) is 0 Å². The maximum atomic E-state index is 12.8. The number of rotatable bonds is 1. The number of carbonyl (C=O) groups is 1. The number of ether oxygens (including phenoxy) is 1. The van der Waals surface area contributed by atoms with Gasteiger partial charge in [-0.25, -0.2) is 4.79 Å². The number of urea groups is 1. The minimum absolute atomic E-state index is 0.0589. The quantitative estimate of drug-likeness (QED) is 0.817. The molecule has 0 fully saturated rings. The molecule has 0 bridgehead atoms. The number of nitrogens with one attached hydrogen (secondary N) is 1. The molecule has 0 aliphatic carbocycles. The number of nitrogens with zero attached hydrogens (tertiary/aromatic N) is 1. The van der Waals surface area contributed by atoms with Gasteiger partial charge in [0, 0.05) is 10.7 Å². The van der Waals surface area contributed by atoms with Gasteiger partial charge in [-0.05, 0) is 56.2 Å². The van der Waals surface area contributed by atoms with Crippen LogP contribution in [0.1, 0.15) is 18.1 Å². The number of hydrogen-bond donors (Lipinski definition) is 1. The van der Waals surface area contributed by atoms with Crippen LogP contribution >= 0.6 is 11.6 Å². The molecule has 0 saturated carbocycles. The highest BCUT2D eigenvalue weighted by Crippen LogP contribution is 2.34. The summed E-state index contributed by atoms with van der Waals surface area (Å²) < 4.78 is 5.82. The van der Waals surface area contributed by atoms with Gasteiger partial charge in [-0.1, -0.05) is 23.7 Å². The molecule has 120 valence electrons. The highest BCUT2D eigenvalue weighted by Gasteiger charge is 2.28. The first-order chi connectivity index (χ1) is 10.9. The van der Waals surface area contributed by atoms with E-state index in [0.717, 1.165) is 28.3 Å². The number of aryl methyl sites for hydroxylation is 2. The Hall–Kier alpha value is -2.20. The number of hydrogen-bond acceptors (Lipinski definition) is 2. The molecule has 23 heavy (non-hydrogen) atoms. The summed E-state index contributed by atoms with van der Waals surface area (Å²) in [4.78, 5) is 14.5. The summed E-state index contributed by atoms with van der Waals surface area (Å²) in [5.74, 6) is 0.729. The second kappa shape index (κ2) is 6.13. The Labute approximate surface area is 141 Å². The van der Waals surface area contributed by atoms with E-state index in [1.807, 2.05) is 51.1 Å². The standard InChI is InChI=1S/C18H19ClN2O2/c1-11-4-7-17-16(8-11)21(10-13(3)23-17)18(22)20-15-9-14(19)6-5-12(15)2/h4-9,13H,10H2,1-3H3,(H,20,22). The molecule has 1 heterocycles. The number of carbonyl (C=O) groups excluding carboxylic acids is 1. The average molecular weight is 331 g/mol. The molecule has 0 aromatic heterocycles. The van der Waals surface area contributed by atoms with Crippen molar-refractivity contribution in [3.63, 3.8) is 0 Å². The van der Waals surface area contributed by atoms with E-state index in [9.17, 15) is 4.79 Å². The normalized spacial score (nSPS) is 16.5. The Morgan fingerprint density at radius 1 is 1.26 bits per heavy atom. The topological polar surface area (TPSA) is 41.6 Å². The fourth-order valence-corrected chi connectivity index (χ4v) is 2.82. The lowest BCUT2D eigenvalue weighted by Gasteiger charge is -2.33. The highest BCUT2D eigenvalue weighted by atomic mass is 35.5. The zero-order valence-corrected chi connectivity index (χ0v) is 14.1. The Bertz CT molecular complexity index is 761. The summed E-state index contributed by atoms with van der Waals surface area (Å²) in [5.41, 5.74) is 3.56. The number of amides is 2. The van der Waals surface area contributed by atoms with Crippen molar-refractivity contribution < 1.29 is 9.53 Å². The zero-order chi connectivity index (χ0) is 16.6. The molecule has 4 nitrogen and oxygen atoms in total. The average Bonchev–Trinajstić information content (AvgIpc) is 2.50. The lowest BCUT2D eigenvalue weighted by Crippen LogP contribution is -2.44. The minimum Gasteiger partial charge on any atom is -0.487 e. The van der Waals surface area contributed by atoms with Crippen LogP contribution in [0.15, 0.2) is 36.4 Å². The summed E-state index contributed by atoms with van der Waals surface area (Å²) in [6.07, 6.45) is -0.0589.